The maximum atomic E-state index is 16.0. The fourth-order valence-corrected chi connectivity index (χ4v) is 7.54. The van der Waals surface area contributed by atoms with Crippen molar-refractivity contribution in [2.24, 2.45) is 0 Å². The monoisotopic (exact) mass is 666 g/mol. The Kier molecular flexibility index (Phi) is 8.90. The quantitative estimate of drug-likeness (QED) is 0.178. The molecule has 0 spiro atoms. The zero-order valence-corrected chi connectivity index (χ0v) is 26.6. The van der Waals surface area contributed by atoms with Crippen LogP contribution < -0.4 is 15.6 Å². The summed E-state index contributed by atoms with van der Waals surface area (Å²) in [5.41, 5.74) is -2.58. The number of thioether (sulfide) groups is 1. The number of aryl methyl sites for hydroxylation is 1. The van der Waals surface area contributed by atoms with Crippen molar-refractivity contribution in [3.8, 4) is 0 Å². The number of amides is 2. The van der Waals surface area contributed by atoms with Crippen molar-refractivity contribution >= 4 is 52.6 Å². The van der Waals surface area contributed by atoms with E-state index >= 15 is 8.78 Å². The molecular formula is C30H35F3N5O7S+. The second-order valence-electron chi connectivity index (χ2n) is 12.8. The number of esters is 1. The molecule has 2 amide bonds. The van der Waals surface area contributed by atoms with E-state index < -0.39 is 81.8 Å². The van der Waals surface area contributed by atoms with E-state index in [2.05, 4.69) is 5.32 Å². The number of rotatable bonds is 9. The summed E-state index contributed by atoms with van der Waals surface area (Å²) in [6.45, 7) is 5.20. The van der Waals surface area contributed by atoms with Crippen molar-refractivity contribution in [2.75, 3.05) is 57.1 Å². The highest BCUT2D eigenvalue weighted by molar-refractivity contribution is 8.00. The van der Waals surface area contributed by atoms with E-state index in [1.165, 1.54) is 21.6 Å². The van der Waals surface area contributed by atoms with E-state index in [4.69, 9.17) is 4.74 Å². The number of alkyl halides is 1. The van der Waals surface area contributed by atoms with Crippen LogP contribution in [0.5, 0.6) is 0 Å². The van der Waals surface area contributed by atoms with Crippen LogP contribution in [0.3, 0.4) is 0 Å². The highest BCUT2D eigenvalue weighted by Gasteiger charge is 2.54. The van der Waals surface area contributed by atoms with Gasteiger partial charge in [0.15, 0.2) is 5.82 Å². The SMILES string of the molecule is CC(C)(C)OC(=O)C1=C(C[N+]2(C)CCN(c3c(F)cc4c(=O)c(C(=O)O)cn(CCF)c4c3F)CC2)CS[C@@H]2[C@H](NC=O)C(=O)N12. The number of aromatic carboxylic acids is 1. The number of β-lactam (4-membered cyclic amide) rings is 1. The van der Waals surface area contributed by atoms with E-state index in [1.807, 2.05) is 7.05 Å². The fraction of sp³-hybridized carbons (Fsp3) is 0.500. The molecule has 12 nitrogen and oxygen atoms in total. The van der Waals surface area contributed by atoms with Crippen LogP contribution in [0.1, 0.15) is 31.1 Å². The number of halogens is 3. The molecule has 0 saturated carbocycles. The highest BCUT2D eigenvalue weighted by Crippen LogP contribution is 2.42. The molecule has 0 unspecified atom stereocenters. The van der Waals surface area contributed by atoms with Crippen LogP contribution in [0.4, 0.5) is 18.9 Å². The molecule has 0 aliphatic carbocycles. The lowest BCUT2D eigenvalue weighted by atomic mass is 10.0. The summed E-state index contributed by atoms with van der Waals surface area (Å²) in [5.74, 6) is -4.40. The number of benzene rings is 1. The number of nitrogens with one attached hydrogen (secondary N) is 1. The van der Waals surface area contributed by atoms with Gasteiger partial charge in [0.1, 0.15) is 53.0 Å². The van der Waals surface area contributed by atoms with Gasteiger partial charge in [-0.2, -0.15) is 0 Å². The molecule has 2 N–H and O–H groups in total. The number of carboxylic acids is 1. The largest absolute Gasteiger partial charge is 0.477 e. The van der Waals surface area contributed by atoms with Gasteiger partial charge >= 0.3 is 11.9 Å². The number of carbonyl (C=O) groups is 4. The number of ether oxygens (including phenoxy) is 1. The molecule has 2 fully saturated rings. The molecule has 3 aliphatic heterocycles. The summed E-state index contributed by atoms with van der Waals surface area (Å²) in [4.78, 5) is 64.6. The number of likely N-dealkylation sites (N-methyl/N-ethyl adjacent to an activating group) is 1. The van der Waals surface area contributed by atoms with Crippen molar-refractivity contribution in [3.63, 3.8) is 0 Å². The number of quaternary nitrogens is 1. The molecule has 1 aromatic heterocycles. The normalized spacial score (nSPS) is 21.2. The van der Waals surface area contributed by atoms with E-state index in [0.717, 1.165) is 16.8 Å². The average Bonchev–Trinajstić information content (AvgIpc) is 2.97. The minimum Gasteiger partial charge on any atom is -0.477 e. The van der Waals surface area contributed by atoms with E-state index in [9.17, 15) is 33.5 Å². The maximum Gasteiger partial charge on any atom is 0.355 e. The zero-order valence-electron chi connectivity index (χ0n) is 25.8. The van der Waals surface area contributed by atoms with Gasteiger partial charge in [0.2, 0.25) is 11.8 Å². The molecule has 2 atom stereocenters. The van der Waals surface area contributed by atoms with Gasteiger partial charge in [-0.3, -0.25) is 19.3 Å². The van der Waals surface area contributed by atoms with Gasteiger partial charge in [-0.1, -0.05) is 0 Å². The molecule has 46 heavy (non-hydrogen) atoms. The number of hydrogen-bond donors (Lipinski definition) is 2. The summed E-state index contributed by atoms with van der Waals surface area (Å²) in [7, 11) is 1.93. The predicted molar refractivity (Wildman–Crippen MR) is 163 cm³/mol. The first-order valence-electron chi connectivity index (χ1n) is 14.6. The number of aromatic nitrogens is 1. The Morgan fingerprint density at radius 2 is 1.89 bits per heavy atom. The first kappa shape index (κ1) is 33.3. The molecule has 0 radical (unpaired) electrons. The summed E-state index contributed by atoms with van der Waals surface area (Å²) < 4.78 is 51.8. The second kappa shape index (κ2) is 12.3. The number of anilines is 1. The number of nitrogens with zero attached hydrogens (tertiary/aromatic N) is 4. The number of piperazine rings is 1. The lowest BCUT2D eigenvalue weighted by Crippen LogP contribution is -2.70. The minimum atomic E-state index is -1.59. The lowest BCUT2D eigenvalue weighted by molar-refractivity contribution is -0.905. The molecule has 5 rings (SSSR count). The summed E-state index contributed by atoms with van der Waals surface area (Å²) >= 11 is 1.42. The van der Waals surface area contributed by atoms with Crippen LogP contribution in [0.25, 0.3) is 10.9 Å². The Bertz CT molecular complexity index is 1720. The van der Waals surface area contributed by atoms with Crippen molar-refractivity contribution in [1.29, 1.82) is 0 Å². The van der Waals surface area contributed by atoms with Crippen LogP contribution in [0.15, 0.2) is 28.3 Å². The molecule has 4 heterocycles. The number of fused-ring (bicyclic) bond motifs is 2. The van der Waals surface area contributed by atoms with Crippen molar-refractivity contribution in [2.45, 2.75) is 44.3 Å². The molecule has 16 heteroatoms. The van der Waals surface area contributed by atoms with Crippen LogP contribution in [-0.4, -0.2) is 113 Å². The standard InChI is InChI=1S/C30H34F3N5O7S/c1-30(2,3)45-29(44)22-16(14-46-27-21(34-15-39)26(41)37(22)27)13-38(4)9-7-35(8-10-38)24-19(32)11-17-23(20(24)33)36(6-5-31)12-18(25(17)40)28(42)43/h11-12,15,21,27H,5-10,13-14H2,1-4H3,(H-,34,39,42,43)/p+1/t21-,27-/m1/s1. The predicted octanol–water partition coefficient (Wildman–Crippen LogP) is 1.84. The third-order valence-electron chi connectivity index (χ3n) is 8.38. The zero-order chi connectivity index (χ0) is 33.7. The minimum absolute atomic E-state index is 0.146. The fourth-order valence-electron chi connectivity index (χ4n) is 6.19. The Labute approximate surface area is 266 Å². The Hall–Kier alpha value is -4.05. The van der Waals surface area contributed by atoms with Gasteiger partial charge in [-0.05, 0) is 26.8 Å². The topological polar surface area (TPSA) is 138 Å². The first-order chi connectivity index (χ1) is 21.6. The lowest BCUT2D eigenvalue weighted by Gasteiger charge is -2.50. The Balaban J connectivity index is 1.43. The summed E-state index contributed by atoms with van der Waals surface area (Å²) in [5, 5.41) is 10.9. The smallest absolute Gasteiger partial charge is 0.355 e. The summed E-state index contributed by atoms with van der Waals surface area (Å²) in [6.07, 6.45) is 1.32. The third kappa shape index (κ3) is 5.95. The van der Waals surface area contributed by atoms with Gasteiger partial charge < -0.3 is 29.1 Å². The maximum absolute atomic E-state index is 16.0. The number of hydrogen-bond acceptors (Lipinski definition) is 8. The van der Waals surface area contributed by atoms with Crippen LogP contribution in [0.2, 0.25) is 0 Å². The van der Waals surface area contributed by atoms with E-state index in [0.29, 0.717) is 41.9 Å². The van der Waals surface area contributed by atoms with Gasteiger partial charge in [0.25, 0.3) is 5.91 Å². The third-order valence-corrected chi connectivity index (χ3v) is 9.72. The number of carboxylic acid groups (broad SMARTS) is 1. The van der Waals surface area contributed by atoms with Crippen LogP contribution >= 0.6 is 11.8 Å². The van der Waals surface area contributed by atoms with Crippen molar-refractivity contribution in [3.05, 3.63) is 51.0 Å². The van der Waals surface area contributed by atoms with Crippen molar-refractivity contribution < 1.29 is 46.7 Å². The molecule has 3 aliphatic rings. The molecule has 2 saturated heterocycles. The van der Waals surface area contributed by atoms with Crippen LogP contribution in [-0.2, 0) is 25.7 Å². The molecule has 248 valence electrons. The average molecular weight is 667 g/mol. The van der Waals surface area contributed by atoms with Gasteiger partial charge in [-0.15, -0.1) is 11.8 Å². The summed E-state index contributed by atoms with van der Waals surface area (Å²) in [6, 6.07) is 0.0446. The highest BCUT2D eigenvalue weighted by atomic mass is 32.2. The van der Waals surface area contributed by atoms with Crippen molar-refractivity contribution in [1.82, 2.24) is 14.8 Å². The van der Waals surface area contributed by atoms with E-state index in [1.54, 1.807) is 20.8 Å². The van der Waals surface area contributed by atoms with Gasteiger partial charge in [0, 0.05) is 17.5 Å². The van der Waals surface area contributed by atoms with E-state index in [-0.39, 0.29) is 24.3 Å². The molecule has 2 aromatic rings. The second-order valence-corrected chi connectivity index (χ2v) is 13.9. The Morgan fingerprint density at radius 3 is 2.48 bits per heavy atom. The molecular weight excluding hydrogens is 631 g/mol. The number of carbonyl (C=O) groups excluding carboxylic acids is 3. The number of pyridine rings is 1. The van der Waals surface area contributed by atoms with Gasteiger partial charge in [0.05, 0.1) is 50.7 Å². The molecule has 0 bridgehead atoms. The first-order valence-corrected chi connectivity index (χ1v) is 15.7. The Morgan fingerprint density at radius 1 is 1.22 bits per heavy atom. The van der Waals surface area contributed by atoms with Gasteiger partial charge in [-0.25, -0.2) is 22.8 Å². The molecule has 1 aromatic carbocycles. The van der Waals surface area contributed by atoms with Crippen LogP contribution in [0, 0.1) is 11.6 Å².